The van der Waals surface area contributed by atoms with E-state index in [0.717, 1.165) is 19.5 Å². The maximum atomic E-state index is 11.8. The predicted molar refractivity (Wildman–Crippen MR) is 55.7 cm³/mol. The first-order valence-electron chi connectivity index (χ1n) is 5.71. The molecular formula is C11H20N2O. The SMILES string of the molecule is CCC(N)C(=O)N1CCC2(CCC2)C1. The molecule has 2 fully saturated rings. The molecule has 1 atom stereocenters. The minimum absolute atomic E-state index is 0.163. The van der Waals surface area contributed by atoms with Crippen molar-refractivity contribution < 1.29 is 4.79 Å². The van der Waals surface area contributed by atoms with Gasteiger partial charge in [0.15, 0.2) is 0 Å². The van der Waals surface area contributed by atoms with Crippen molar-refractivity contribution in [1.29, 1.82) is 0 Å². The number of nitrogens with zero attached hydrogens (tertiary/aromatic N) is 1. The largest absolute Gasteiger partial charge is 0.341 e. The molecule has 2 aliphatic rings. The van der Waals surface area contributed by atoms with Gasteiger partial charge in [0.05, 0.1) is 6.04 Å². The molecule has 1 saturated carbocycles. The maximum Gasteiger partial charge on any atom is 0.239 e. The molecule has 1 amide bonds. The van der Waals surface area contributed by atoms with Gasteiger partial charge in [0.25, 0.3) is 0 Å². The van der Waals surface area contributed by atoms with E-state index >= 15 is 0 Å². The Morgan fingerprint density at radius 3 is 2.64 bits per heavy atom. The highest BCUT2D eigenvalue weighted by Gasteiger charge is 2.44. The van der Waals surface area contributed by atoms with Crippen molar-refractivity contribution in [2.75, 3.05) is 13.1 Å². The highest BCUT2D eigenvalue weighted by atomic mass is 16.2. The highest BCUT2D eigenvalue weighted by molar-refractivity contribution is 5.81. The fourth-order valence-electron chi connectivity index (χ4n) is 2.62. The van der Waals surface area contributed by atoms with Crippen LogP contribution in [0.3, 0.4) is 0 Å². The molecule has 0 bridgehead atoms. The maximum absolute atomic E-state index is 11.8. The lowest BCUT2D eigenvalue weighted by atomic mass is 9.68. The summed E-state index contributed by atoms with van der Waals surface area (Å²) in [4.78, 5) is 13.8. The first kappa shape index (κ1) is 9.97. The topological polar surface area (TPSA) is 46.3 Å². The second-order valence-corrected chi connectivity index (χ2v) is 4.88. The predicted octanol–water partition coefficient (Wildman–Crippen LogP) is 1.13. The molecule has 1 spiro atoms. The van der Waals surface area contributed by atoms with Gasteiger partial charge < -0.3 is 10.6 Å². The molecule has 2 rings (SSSR count). The minimum Gasteiger partial charge on any atom is -0.341 e. The van der Waals surface area contributed by atoms with Gasteiger partial charge in [-0.05, 0) is 31.1 Å². The van der Waals surface area contributed by atoms with E-state index in [9.17, 15) is 4.79 Å². The van der Waals surface area contributed by atoms with E-state index in [4.69, 9.17) is 5.73 Å². The Balaban J connectivity index is 1.91. The van der Waals surface area contributed by atoms with Crippen LogP contribution in [0, 0.1) is 5.41 Å². The smallest absolute Gasteiger partial charge is 0.239 e. The van der Waals surface area contributed by atoms with Crippen molar-refractivity contribution in [3.63, 3.8) is 0 Å². The van der Waals surface area contributed by atoms with Crippen LogP contribution in [-0.2, 0) is 4.79 Å². The van der Waals surface area contributed by atoms with Crippen molar-refractivity contribution >= 4 is 5.91 Å². The number of amides is 1. The quantitative estimate of drug-likeness (QED) is 0.719. The Morgan fingerprint density at radius 1 is 1.50 bits per heavy atom. The van der Waals surface area contributed by atoms with Gasteiger partial charge in [0.1, 0.15) is 0 Å². The molecular weight excluding hydrogens is 176 g/mol. The first-order valence-corrected chi connectivity index (χ1v) is 5.71. The average molecular weight is 196 g/mol. The average Bonchev–Trinajstić information content (AvgIpc) is 2.59. The molecule has 1 saturated heterocycles. The van der Waals surface area contributed by atoms with Crippen LogP contribution in [0.2, 0.25) is 0 Å². The lowest BCUT2D eigenvalue weighted by molar-refractivity contribution is -0.132. The monoisotopic (exact) mass is 196 g/mol. The summed E-state index contributed by atoms with van der Waals surface area (Å²) in [5, 5.41) is 0. The van der Waals surface area contributed by atoms with Crippen LogP contribution in [0.1, 0.15) is 39.0 Å². The van der Waals surface area contributed by atoms with Gasteiger partial charge in [-0.2, -0.15) is 0 Å². The van der Waals surface area contributed by atoms with Crippen molar-refractivity contribution in [3.05, 3.63) is 0 Å². The second kappa shape index (κ2) is 3.54. The molecule has 1 heterocycles. The fourth-order valence-corrected chi connectivity index (χ4v) is 2.62. The number of carbonyl (C=O) groups excluding carboxylic acids is 1. The van der Waals surface area contributed by atoms with Gasteiger partial charge in [-0.1, -0.05) is 13.3 Å². The summed E-state index contributed by atoms with van der Waals surface area (Å²) in [6.07, 6.45) is 5.94. The van der Waals surface area contributed by atoms with Crippen molar-refractivity contribution in [1.82, 2.24) is 4.90 Å². The molecule has 1 aliphatic heterocycles. The molecule has 1 unspecified atom stereocenters. The standard InChI is InChI=1S/C11H20N2O/c1-2-9(12)10(14)13-7-6-11(8-13)4-3-5-11/h9H,2-8,12H2,1H3. The molecule has 0 aromatic rings. The van der Waals surface area contributed by atoms with Crippen molar-refractivity contribution in [2.45, 2.75) is 45.1 Å². The molecule has 0 aromatic carbocycles. The van der Waals surface area contributed by atoms with Crippen molar-refractivity contribution in [3.8, 4) is 0 Å². The summed E-state index contributed by atoms with van der Waals surface area (Å²) in [6, 6.07) is -0.273. The first-order chi connectivity index (χ1) is 6.67. The zero-order valence-corrected chi connectivity index (χ0v) is 8.96. The molecule has 80 valence electrons. The van der Waals surface area contributed by atoms with Gasteiger partial charge in [0, 0.05) is 13.1 Å². The van der Waals surface area contributed by atoms with E-state index in [1.807, 2.05) is 11.8 Å². The molecule has 3 nitrogen and oxygen atoms in total. The van der Waals surface area contributed by atoms with Gasteiger partial charge in [-0.15, -0.1) is 0 Å². The van der Waals surface area contributed by atoms with E-state index < -0.39 is 0 Å². The Bertz CT molecular complexity index is 235. The highest BCUT2D eigenvalue weighted by Crippen LogP contribution is 2.47. The summed E-state index contributed by atoms with van der Waals surface area (Å²) in [5.41, 5.74) is 6.26. The third kappa shape index (κ3) is 1.54. The number of nitrogens with two attached hydrogens (primary N) is 1. The molecule has 14 heavy (non-hydrogen) atoms. The number of carbonyl (C=O) groups is 1. The molecule has 3 heteroatoms. The van der Waals surface area contributed by atoms with Crippen LogP contribution in [-0.4, -0.2) is 29.9 Å². The summed E-state index contributed by atoms with van der Waals surface area (Å²) >= 11 is 0. The minimum atomic E-state index is -0.273. The van der Waals surface area contributed by atoms with Crippen LogP contribution in [0.4, 0.5) is 0 Å². The zero-order valence-electron chi connectivity index (χ0n) is 8.96. The molecule has 0 radical (unpaired) electrons. The Hall–Kier alpha value is -0.570. The van der Waals surface area contributed by atoms with Crippen LogP contribution >= 0.6 is 0 Å². The normalized spacial score (nSPS) is 26.3. The third-order valence-electron chi connectivity index (χ3n) is 3.92. The van der Waals surface area contributed by atoms with Crippen LogP contribution in [0.25, 0.3) is 0 Å². The van der Waals surface area contributed by atoms with E-state index in [0.29, 0.717) is 5.41 Å². The lowest BCUT2D eigenvalue weighted by Gasteiger charge is -2.38. The van der Waals surface area contributed by atoms with E-state index in [2.05, 4.69) is 0 Å². The Morgan fingerprint density at radius 2 is 2.21 bits per heavy atom. The summed E-state index contributed by atoms with van der Waals surface area (Å²) in [5.74, 6) is 0.163. The Kier molecular flexibility index (Phi) is 2.52. The van der Waals surface area contributed by atoms with Gasteiger partial charge in [-0.25, -0.2) is 0 Å². The summed E-state index contributed by atoms with van der Waals surface area (Å²) < 4.78 is 0. The summed E-state index contributed by atoms with van der Waals surface area (Å²) in [7, 11) is 0. The Labute approximate surface area is 85.6 Å². The zero-order chi connectivity index (χ0) is 10.2. The third-order valence-corrected chi connectivity index (χ3v) is 3.92. The fraction of sp³-hybridized carbons (Fsp3) is 0.909. The molecule has 0 aromatic heterocycles. The summed E-state index contributed by atoms with van der Waals surface area (Å²) in [6.45, 7) is 3.88. The number of hydrogen-bond acceptors (Lipinski definition) is 2. The van der Waals surface area contributed by atoms with Crippen LogP contribution < -0.4 is 5.73 Å². The number of hydrogen-bond donors (Lipinski definition) is 1. The second-order valence-electron chi connectivity index (χ2n) is 4.88. The van der Waals surface area contributed by atoms with Gasteiger partial charge in [0.2, 0.25) is 5.91 Å². The van der Waals surface area contributed by atoms with Gasteiger partial charge >= 0.3 is 0 Å². The van der Waals surface area contributed by atoms with E-state index in [1.165, 1.54) is 25.7 Å². The molecule has 2 N–H and O–H groups in total. The van der Waals surface area contributed by atoms with E-state index in [1.54, 1.807) is 0 Å². The number of likely N-dealkylation sites (tertiary alicyclic amines) is 1. The lowest BCUT2D eigenvalue weighted by Crippen LogP contribution is -2.44. The van der Waals surface area contributed by atoms with Gasteiger partial charge in [-0.3, -0.25) is 4.79 Å². The number of rotatable bonds is 2. The van der Waals surface area contributed by atoms with E-state index in [-0.39, 0.29) is 11.9 Å². The van der Waals surface area contributed by atoms with Crippen molar-refractivity contribution in [2.24, 2.45) is 11.1 Å². The van der Waals surface area contributed by atoms with Crippen LogP contribution in [0.15, 0.2) is 0 Å². The molecule has 1 aliphatic carbocycles. The van der Waals surface area contributed by atoms with Crippen LogP contribution in [0.5, 0.6) is 0 Å².